The quantitative estimate of drug-likeness (QED) is 0.501. The van der Waals surface area contributed by atoms with Gasteiger partial charge in [-0.05, 0) is 31.9 Å². The smallest absolute Gasteiger partial charge is 0.228 e. The summed E-state index contributed by atoms with van der Waals surface area (Å²) >= 11 is 0. The Bertz CT molecular complexity index is 1150. The van der Waals surface area contributed by atoms with Gasteiger partial charge < -0.3 is 14.7 Å². The van der Waals surface area contributed by atoms with Crippen molar-refractivity contribution in [2.75, 3.05) is 16.8 Å². The van der Waals surface area contributed by atoms with Gasteiger partial charge in [0.2, 0.25) is 5.95 Å². The molecule has 0 aromatic carbocycles. The molecule has 9 heteroatoms. The molecule has 1 aliphatic rings. The SMILES string of the molecule is CCc1cc(Nc2cc(C)[nH]n2)nc(N2CCC2c2cc(-c3ccccn3)no2)n1. The normalized spacial score (nSPS) is 15.8. The molecule has 0 radical (unpaired) electrons. The van der Waals surface area contributed by atoms with Crippen LogP contribution in [0.5, 0.6) is 0 Å². The molecule has 1 atom stereocenters. The Morgan fingerprint density at radius 1 is 1.17 bits per heavy atom. The Balaban J connectivity index is 1.40. The molecule has 30 heavy (non-hydrogen) atoms. The Kier molecular flexibility index (Phi) is 4.62. The fourth-order valence-corrected chi connectivity index (χ4v) is 3.47. The van der Waals surface area contributed by atoms with Crippen molar-refractivity contribution in [3.8, 4) is 11.4 Å². The van der Waals surface area contributed by atoms with Crippen molar-refractivity contribution in [1.29, 1.82) is 0 Å². The van der Waals surface area contributed by atoms with Gasteiger partial charge in [-0.3, -0.25) is 10.1 Å². The summed E-state index contributed by atoms with van der Waals surface area (Å²) in [5.74, 6) is 2.93. The Morgan fingerprint density at radius 2 is 2.10 bits per heavy atom. The second-order valence-electron chi connectivity index (χ2n) is 7.29. The number of aromatic amines is 1. The molecule has 0 aliphatic carbocycles. The van der Waals surface area contributed by atoms with Gasteiger partial charge in [0.1, 0.15) is 11.5 Å². The molecule has 5 heterocycles. The number of aryl methyl sites for hydroxylation is 2. The van der Waals surface area contributed by atoms with E-state index in [-0.39, 0.29) is 6.04 Å². The number of pyridine rings is 1. The maximum Gasteiger partial charge on any atom is 0.228 e. The molecule has 9 nitrogen and oxygen atoms in total. The lowest BCUT2D eigenvalue weighted by Crippen LogP contribution is -2.42. The number of H-pyrrole nitrogens is 1. The highest BCUT2D eigenvalue weighted by molar-refractivity contribution is 5.56. The lowest BCUT2D eigenvalue weighted by Gasteiger charge is -2.39. The van der Waals surface area contributed by atoms with E-state index < -0.39 is 0 Å². The van der Waals surface area contributed by atoms with Gasteiger partial charge in [0, 0.05) is 42.3 Å². The first kappa shape index (κ1) is 18.3. The topological polar surface area (TPSA) is 109 Å². The van der Waals surface area contributed by atoms with E-state index in [1.807, 2.05) is 43.3 Å². The van der Waals surface area contributed by atoms with Crippen molar-refractivity contribution in [2.24, 2.45) is 0 Å². The summed E-state index contributed by atoms with van der Waals surface area (Å²) < 4.78 is 5.64. The average molecular weight is 402 g/mol. The van der Waals surface area contributed by atoms with Gasteiger partial charge in [-0.25, -0.2) is 4.98 Å². The van der Waals surface area contributed by atoms with Crippen LogP contribution in [0.25, 0.3) is 11.4 Å². The highest BCUT2D eigenvalue weighted by atomic mass is 16.5. The maximum atomic E-state index is 5.64. The first-order valence-corrected chi connectivity index (χ1v) is 10.0. The van der Waals surface area contributed by atoms with Gasteiger partial charge in [-0.1, -0.05) is 18.1 Å². The number of anilines is 3. The van der Waals surface area contributed by atoms with E-state index in [0.717, 1.165) is 59.6 Å². The minimum absolute atomic E-state index is 0.0579. The van der Waals surface area contributed by atoms with Crippen molar-refractivity contribution in [3.63, 3.8) is 0 Å². The average Bonchev–Trinajstić information content (AvgIpc) is 3.37. The molecule has 1 fully saturated rings. The van der Waals surface area contributed by atoms with Crippen LogP contribution in [0, 0.1) is 6.92 Å². The van der Waals surface area contributed by atoms with Gasteiger partial charge in [-0.15, -0.1) is 0 Å². The van der Waals surface area contributed by atoms with Crippen molar-refractivity contribution in [3.05, 3.63) is 59.7 Å². The predicted molar refractivity (Wildman–Crippen MR) is 112 cm³/mol. The van der Waals surface area contributed by atoms with Gasteiger partial charge >= 0.3 is 0 Å². The minimum atomic E-state index is 0.0579. The highest BCUT2D eigenvalue weighted by Gasteiger charge is 2.35. The van der Waals surface area contributed by atoms with Crippen LogP contribution in [0.4, 0.5) is 17.6 Å². The molecule has 0 spiro atoms. The Morgan fingerprint density at radius 3 is 2.80 bits per heavy atom. The number of nitrogens with zero attached hydrogens (tertiary/aromatic N) is 6. The van der Waals surface area contributed by atoms with Crippen molar-refractivity contribution >= 4 is 17.6 Å². The number of rotatable bonds is 6. The van der Waals surface area contributed by atoms with Gasteiger partial charge in [0.25, 0.3) is 0 Å². The molecule has 1 unspecified atom stereocenters. The molecule has 1 aliphatic heterocycles. The number of hydrogen-bond acceptors (Lipinski definition) is 8. The first-order chi connectivity index (χ1) is 14.7. The largest absolute Gasteiger partial charge is 0.358 e. The molecule has 0 amide bonds. The van der Waals surface area contributed by atoms with E-state index in [1.165, 1.54) is 0 Å². The summed E-state index contributed by atoms with van der Waals surface area (Å²) in [6.07, 6.45) is 3.52. The summed E-state index contributed by atoms with van der Waals surface area (Å²) in [6.45, 7) is 4.90. The van der Waals surface area contributed by atoms with E-state index in [0.29, 0.717) is 5.95 Å². The van der Waals surface area contributed by atoms with E-state index >= 15 is 0 Å². The molecule has 152 valence electrons. The zero-order valence-electron chi connectivity index (χ0n) is 16.8. The third kappa shape index (κ3) is 3.49. The minimum Gasteiger partial charge on any atom is -0.358 e. The van der Waals surface area contributed by atoms with Crippen molar-refractivity contribution < 1.29 is 4.52 Å². The molecule has 4 aromatic heterocycles. The predicted octanol–water partition coefficient (Wildman–Crippen LogP) is 3.82. The molecule has 4 aromatic rings. The van der Waals surface area contributed by atoms with Crippen LogP contribution in [-0.2, 0) is 6.42 Å². The van der Waals surface area contributed by atoms with Gasteiger partial charge in [0.05, 0.1) is 11.7 Å². The first-order valence-electron chi connectivity index (χ1n) is 10.0. The van der Waals surface area contributed by atoms with E-state index in [2.05, 4.69) is 37.5 Å². The molecule has 0 saturated carbocycles. The maximum absolute atomic E-state index is 5.64. The van der Waals surface area contributed by atoms with Crippen LogP contribution in [0.2, 0.25) is 0 Å². The van der Waals surface area contributed by atoms with Crippen LogP contribution >= 0.6 is 0 Å². The molecule has 5 rings (SSSR count). The van der Waals surface area contributed by atoms with Crippen LogP contribution in [-0.4, -0.2) is 36.9 Å². The number of nitrogens with one attached hydrogen (secondary N) is 2. The second kappa shape index (κ2) is 7.58. The molecular formula is C21H22N8O. The van der Waals surface area contributed by atoms with E-state index in [1.54, 1.807) is 6.20 Å². The fraction of sp³-hybridized carbons (Fsp3) is 0.286. The lowest BCUT2D eigenvalue weighted by atomic mass is 10.0. The number of hydrogen-bond donors (Lipinski definition) is 2. The van der Waals surface area contributed by atoms with Crippen molar-refractivity contribution in [2.45, 2.75) is 32.7 Å². The van der Waals surface area contributed by atoms with E-state index in [9.17, 15) is 0 Å². The highest BCUT2D eigenvalue weighted by Crippen LogP contribution is 2.37. The van der Waals surface area contributed by atoms with E-state index in [4.69, 9.17) is 14.5 Å². The van der Waals surface area contributed by atoms with Crippen LogP contribution < -0.4 is 10.2 Å². The molecule has 2 N–H and O–H groups in total. The zero-order chi connectivity index (χ0) is 20.5. The fourth-order valence-electron chi connectivity index (χ4n) is 3.47. The standard InChI is InChI=1S/C21H22N8O/c1-3-14-11-19(24-20-10-13(2)26-27-20)25-21(23-14)29-9-7-17(29)18-12-16(28-30-18)15-6-4-5-8-22-15/h4-6,8,10-12,17H,3,7,9H2,1-2H3,(H2,23,24,25,26,27). The molecule has 1 saturated heterocycles. The van der Waals surface area contributed by atoms with Crippen molar-refractivity contribution in [1.82, 2.24) is 30.3 Å². The molecule has 0 bridgehead atoms. The Hall–Kier alpha value is -3.75. The van der Waals surface area contributed by atoms with Crippen LogP contribution in [0.15, 0.2) is 47.1 Å². The summed E-state index contributed by atoms with van der Waals surface area (Å²) in [6, 6.07) is 11.6. The second-order valence-corrected chi connectivity index (χ2v) is 7.29. The lowest BCUT2D eigenvalue weighted by molar-refractivity contribution is 0.315. The van der Waals surface area contributed by atoms with Gasteiger partial charge in [0.15, 0.2) is 11.6 Å². The van der Waals surface area contributed by atoms with Crippen LogP contribution in [0.3, 0.4) is 0 Å². The monoisotopic (exact) mass is 402 g/mol. The molecular weight excluding hydrogens is 380 g/mol. The summed E-state index contributed by atoms with van der Waals surface area (Å²) in [5.41, 5.74) is 3.48. The van der Waals surface area contributed by atoms with Gasteiger partial charge in [-0.2, -0.15) is 10.1 Å². The third-order valence-electron chi connectivity index (χ3n) is 5.15. The zero-order valence-corrected chi connectivity index (χ0v) is 16.8. The summed E-state index contributed by atoms with van der Waals surface area (Å²) in [4.78, 5) is 15.9. The van der Waals surface area contributed by atoms with Crippen LogP contribution in [0.1, 0.15) is 36.5 Å². The third-order valence-corrected chi connectivity index (χ3v) is 5.15. The summed E-state index contributed by atoms with van der Waals surface area (Å²) in [7, 11) is 0. The Labute approximate surface area is 173 Å². The number of aromatic nitrogens is 6. The summed E-state index contributed by atoms with van der Waals surface area (Å²) in [5, 5.41) is 14.6.